The monoisotopic (exact) mass is 329 g/mol. The van der Waals surface area contributed by atoms with Gasteiger partial charge in [0.2, 0.25) is 0 Å². The van der Waals surface area contributed by atoms with Gasteiger partial charge in [0.1, 0.15) is 12.4 Å². The predicted octanol–water partition coefficient (Wildman–Crippen LogP) is 4.09. The standard InChI is InChI=1S/C22H19NO2/c24-22(23-18-14-17-10-4-7-13-21(17)25-15-18)20-12-6-5-11-19(20)16-8-2-1-3-9-16/h1-13,18H,14-15H2,(H,23,24). The Bertz CT molecular complexity index is 889. The quantitative estimate of drug-likeness (QED) is 0.786. The van der Waals surface area contributed by atoms with Crippen LogP contribution in [-0.4, -0.2) is 18.6 Å². The summed E-state index contributed by atoms with van der Waals surface area (Å²) in [5.41, 5.74) is 3.80. The van der Waals surface area contributed by atoms with Gasteiger partial charge in [-0.1, -0.05) is 66.7 Å². The lowest BCUT2D eigenvalue weighted by Gasteiger charge is -2.26. The third-order valence-corrected chi connectivity index (χ3v) is 4.47. The number of nitrogens with one attached hydrogen (secondary N) is 1. The summed E-state index contributed by atoms with van der Waals surface area (Å²) in [7, 11) is 0. The van der Waals surface area contributed by atoms with E-state index in [0.717, 1.165) is 28.9 Å². The second kappa shape index (κ2) is 6.81. The fourth-order valence-electron chi connectivity index (χ4n) is 3.23. The lowest BCUT2D eigenvalue weighted by Crippen LogP contribution is -2.42. The van der Waals surface area contributed by atoms with Crippen LogP contribution in [0, 0.1) is 0 Å². The summed E-state index contributed by atoms with van der Waals surface area (Å²) in [5, 5.41) is 3.12. The Balaban J connectivity index is 1.55. The van der Waals surface area contributed by atoms with Gasteiger partial charge in [0.05, 0.1) is 6.04 Å². The first-order valence-electron chi connectivity index (χ1n) is 8.47. The van der Waals surface area contributed by atoms with Crippen molar-refractivity contribution in [2.24, 2.45) is 0 Å². The number of rotatable bonds is 3. The van der Waals surface area contributed by atoms with Crippen molar-refractivity contribution < 1.29 is 9.53 Å². The van der Waals surface area contributed by atoms with E-state index in [0.29, 0.717) is 12.2 Å². The van der Waals surface area contributed by atoms with Gasteiger partial charge in [-0.05, 0) is 35.2 Å². The second-order valence-electron chi connectivity index (χ2n) is 6.20. The number of hydrogen-bond acceptors (Lipinski definition) is 2. The molecule has 1 atom stereocenters. The van der Waals surface area contributed by atoms with E-state index in [1.807, 2.05) is 78.9 Å². The van der Waals surface area contributed by atoms with Crippen molar-refractivity contribution in [2.75, 3.05) is 6.61 Å². The minimum atomic E-state index is -0.0626. The van der Waals surface area contributed by atoms with Crippen LogP contribution in [0.1, 0.15) is 15.9 Å². The highest BCUT2D eigenvalue weighted by Crippen LogP contribution is 2.26. The normalized spacial score (nSPS) is 15.8. The zero-order chi connectivity index (χ0) is 17.1. The predicted molar refractivity (Wildman–Crippen MR) is 98.8 cm³/mol. The maximum atomic E-state index is 12.9. The summed E-state index contributed by atoms with van der Waals surface area (Å²) < 4.78 is 5.77. The Kier molecular flexibility index (Phi) is 4.21. The third-order valence-electron chi connectivity index (χ3n) is 4.47. The molecule has 3 aromatic carbocycles. The van der Waals surface area contributed by atoms with E-state index < -0.39 is 0 Å². The lowest BCUT2D eigenvalue weighted by molar-refractivity contribution is 0.0916. The molecule has 124 valence electrons. The molecule has 3 nitrogen and oxygen atoms in total. The van der Waals surface area contributed by atoms with E-state index in [4.69, 9.17) is 4.74 Å². The fourth-order valence-corrected chi connectivity index (χ4v) is 3.23. The Hall–Kier alpha value is -3.07. The van der Waals surface area contributed by atoms with Gasteiger partial charge in [-0.15, -0.1) is 0 Å². The number of para-hydroxylation sites is 1. The van der Waals surface area contributed by atoms with E-state index in [-0.39, 0.29) is 11.9 Å². The van der Waals surface area contributed by atoms with Crippen LogP contribution in [0.2, 0.25) is 0 Å². The van der Waals surface area contributed by atoms with E-state index in [2.05, 4.69) is 5.32 Å². The summed E-state index contributed by atoms with van der Waals surface area (Å²) >= 11 is 0. The summed E-state index contributed by atoms with van der Waals surface area (Å²) in [6.07, 6.45) is 0.787. The summed E-state index contributed by atoms with van der Waals surface area (Å²) in [6, 6.07) is 25.6. The Labute approximate surface area is 147 Å². The zero-order valence-electron chi connectivity index (χ0n) is 13.8. The zero-order valence-corrected chi connectivity index (χ0v) is 13.8. The molecule has 3 aromatic rings. The van der Waals surface area contributed by atoms with Crippen molar-refractivity contribution in [2.45, 2.75) is 12.5 Å². The molecule has 1 amide bonds. The molecule has 0 bridgehead atoms. The van der Waals surface area contributed by atoms with Crippen LogP contribution in [0.25, 0.3) is 11.1 Å². The smallest absolute Gasteiger partial charge is 0.252 e. The largest absolute Gasteiger partial charge is 0.491 e. The first-order valence-corrected chi connectivity index (χ1v) is 8.47. The van der Waals surface area contributed by atoms with Crippen molar-refractivity contribution in [1.29, 1.82) is 0 Å². The summed E-state index contributed by atoms with van der Waals surface area (Å²) in [4.78, 5) is 12.9. The van der Waals surface area contributed by atoms with Gasteiger partial charge in [0, 0.05) is 5.56 Å². The number of carbonyl (C=O) groups excluding carboxylic acids is 1. The minimum absolute atomic E-state index is 0.0220. The van der Waals surface area contributed by atoms with Gasteiger partial charge in [-0.3, -0.25) is 4.79 Å². The fraction of sp³-hybridized carbons (Fsp3) is 0.136. The Morgan fingerprint density at radius 2 is 1.60 bits per heavy atom. The van der Waals surface area contributed by atoms with Crippen LogP contribution in [0.5, 0.6) is 5.75 Å². The van der Waals surface area contributed by atoms with Gasteiger partial charge < -0.3 is 10.1 Å². The van der Waals surface area contributed by atoms with Crippen LogP contribution < -0.4 is 10.1 Å². The van der Waals surface area contributed by atoms with Crippen molar-refractivity contribution in [3.63, 3.8) is 0 Å². The molecule has 1 aliphatic rings. The molecule has 1 aliphatic heterocycles. The number of amides is 1. The molecule has 0 radical (unpaired) electrons. The molecule has 1 N–H and O–H groups in total. The molecule has 0 aromatic heterocycles. The third kappa shape index (κ3) is 3.26. The maximum absolute atomic E-state index is 12.9. The number of ether oxygens (including phenoxy) is 1. The number of carbonyl (C=O) groups is 1. The van der Waals surface area contributed by atoms with Crippen LogP contribution in [0.4, 0.5) is 0 Å². The van der Waals surface area contributed by atoms with E-state index >= 15 is 0 Å². The van der Waals surface area contributed by atoms with Gasteiger partial charge in [0.15, 0.2) is 0 Å². The average molecular weight is 329 g/mol. The van der Waals surface area contributed by atoms with Crippen molar-refractivity contribution in [1.82, 2.24) is 5.32 Å². The molecule has 25 heavy (non-hydrogen) atoms. The van der Waals surface area contributed by atoms with Crippen molar-refractivity contribution in [3.05, 3.63) is 90.0 Å². The lowest BCUT2D eigenvalue weighted by atomic mass is 9.98. The molecule has 0 saturated carbocycles. The van der Waals surface area contributed by atoms with Crippen molar-refractivity contribution >= 4 is 5.91 Å². The van der Waals surface area contributed by atoms with Crippen LogP contribution in [-0.2, 0) is 6.42 Å². The summed E-state index contributed by atoms with van der Waals surface area (Å²) in [5.74, 6) is 0.852. The molecule has 1 heterocycles. The van der Waals surface area contributed by atoms with Gasteiger partial charge >= 0.3 is 0 Å². The molecule has 3 heteroatoms. The highest BCUT2D eigenvalue weighted by atomic mass is 16.5. The van der Waals surface area contributed by atoms with E-state index in [9.17, 15) is 4.79 Å². The topological polar surface area (TPSA) is 38.3 Å². The molecule has 4 rings (SSSR count). The summed E-state index contributed by atoms with van der Waals surface area (Å²) in [6.45, 7) is 0.496. The Morgan fingerprint density at radius 3 is 2.48 bits per heavy atom. The van der Waals surface area contributed by atoms with Gasteiger partial charge in [-0.2, -0.15) is 0 Å². The van der Waals surface area contributed by atoms with Crippen LogP contribution in [0.3, 0.4) is 0 Å². The average Bonchev–Trinajstić information content (AvgIpc) is 2.68. The Morgan fingerprint density at radius 1 is 0.880 bits per heavy atom. The number of hydrogen-bond donors (Lipinski definition) is 1. The second-order valence-corrected chi connectivity index (χ2v) is 6.20. The highest BCUT2D eigenvalue weighted by molar-refractivity contribution is 6.01. The minimum Gasteiger partial charge on any atom is -0.491 e. The maximum Gasteiger partial charge on any atom is 0.252 e. The van der Waals surface area contributed by atoms with Crippen LogP contribution in [0.15, 0.2) is 78.9 Å². The van der Waals surface area contributed by atoms with Gasteiger partial charge in [-0.25, -0.2) is 0 Å². The SMILES string of the molecule is O=C(NC1COc2ccccc2C1)c1ccccc1-c1ccccc1. The molecular formula is C22H19NO2. The molecular weight excluding hydrogens is 310 g/mol. The number of fused-ring (bicyclic) bond motifs is 1. The molecule has 0 saturated heterocycles. The molecule has 0 aliphatic carbocycles. The molecule has 0 fully saturated rings. The van der Waals surface area contributed by atoms with Crippen molar-refractivity contribution in [3.8, 4) is 16.9 Å². The van der Waals surface area contributed by atoms with E-state index in [1.165, 1.54) is 0 Å². The molecule has 0 spiro atoms. The van der Waals surface area contributed by atoms with Gasteiger partial charge in [0.25, 0.3) is 5.91 Å². The highest BCUT2D eigenvalue weighted by Gasteiger charge is 2.22. The first-order chi connectivity index (χ1) is 12.3. The molecule has 1 unspecified atom stereocenters. The van der Waals surface area contributed by atoms with E-state index in [1.54, 1.807) is 0 Å². The number of benzene rings is 3. The van der Waals surface area contributed by atoms with Crippen LogP contribution >= 0.6 is 0 Å². The first kappa shape index (κ1) is 15.5.